The molecule has 1 nitrogen and oxygen atoms in total. The summed E-state index contributed by atoms with van der Waals surface area (Å²) in [6.45, 7) is 3.16. The molecular weight excluding hydrogens is 348 g/mol. The predicted molar refractivity (Wildman–Crippen MR) is 119 cm³/mol. The van der Waals surface area contributed by atoms with Gasteiger partial charge in [0.2, 0.25) is 0 Å². The molecule has 1 saturated carbocycles. The molecule has 0 N–H and O–H groups in total. The van der Waals surface area contributed by atoms with E-state index in [1.807, 2.05) is 6.07 Å². The summed E-state index contributed by atoms with van der Waals surface area (Å²) in [5.74, 6) is 3.47. The van der Waals surface area contributed by atoms with Crippen LogP contribution in [0.4, 0.5) is 0 Å². The van der Waals surface area contributed by atoms with Crippen molar-refractivity contribution in [3.63, 3.8) is 0 Å². The van der Waals surface area contributed by atoms with Crippen LogP contribution in [-0.4, -0.2) is 12.2 Å². The molecule has 2 heteroatoms. The Kier molecular flexibility index (Phi) is 11.7. The molecule has 27 heavy (non-hydrogen) atoms. The summed E-state index contributed by atoms with van der Waals surface area (Å²) in [6, 6.07) is 10.4. The molecule has 2 rings (SSSR count). The monoisotopic (exact) mass is 386 g/mol. The summed E-state index contributed by atoms with van der Waals surface area (Å²) in [7, 11) is 0. The van der Waals surface area contributed by atoms with E-state index < -0.39 is 0 Å². The first-order valence-corrected chi connectivity index (χ1v) is 12.0. The van der Waals surface area contributed by atoms with E-state index in [-0.39, 0.29) is 5.60 Å². The average Bonchev–Trinajstić information content (AvgIpc) is 3.16. The van der Waals surface area contributed by atoms with Gasteiger partial charge >= 0.3 is 0 Å². The van der Waals surface area contributed by atoms with Crippen molar-refractivity contribution in [2.24, 2.45) is 0 Å². The van der Waals surface area contributed by atoms with Crippen molar-refractivity contribution in [3.8, 4) is 11.2 Å². The van der Waals surface area contributed by atoms with Crippen LogP contribution in [0.1, 0.15) is 96.8 Å². The van der Waals surface area contributed by atoms with Gasteiger partial charge in [-0.2, -0.15) is 0 Å². The van der Waals surface area contributed by atoms with Crippen molar-refractivity contribution < 1.29 is 4.74 Å². The summed E-state index contributed by atoms with van der Waals surface area (Å²) in [4.78, 5) is 1.22. The lowest BCUT2D eigenvalue weighted by Gasteiger charge is -2.23. The highest BCUT2D eigenvalue weighted by Gasteiger charge is 2.32. The largest absolute Gasteiger partial charge is 0.362 e. The van der Waals surface area contributed by atoms with Crippen molar-refractivity contribution in [1.29, 1.82) is 0 Å². The smallest absolute Gasteiger partial charge is 0.129 e. The van der Waals surface area contributed by atoms with Gasteiger partial charge in [-0.25, -0.2) is 0 Å². The molecule has 1 aromatic carbocycles. The summed E-state index contributed by atoms with van der Waals surface area (Å²) in [5.41, 5.74) is -0.166. The molecule has 0 atom stereocenters. The van der Waals surface area contributed by atoms with Crippen LogP contribution in [0.5, 0.6) is 0 Å². The van der Waals surface area contributed by atoms with Gasteiger partial charge in [-0.3, -0.25) is 0 Å². The molecule has 0 spiro atoms. The molecule has 0 bridgehead atoms. The Morgan fingerprint density at radius 1 is 0.852 bits per heavy atom. The highest BCUT2D eigenvalue weighted by molar-refractivity contribution is 8.03. The molecule has 1 aliphatic rings. The fraction of sp³-hybridized carbons (Fsp3) is 0.680. The molecule has 0 heterocycles. The summed E-state index contributed by atoms with van der Waals surface area (Å²) in [5, 5.41) is 3.32. The van der Waals surface area contributed by atoms with Crippen LogP contribution in [0, 0.1) is 11.2 Å². The third-order valence-electron chi connectivity index (χ3n) is 5.48. The van der Waals surface area contributed by atoms with Crippen molar-refractivity contribution >= 4 is 11.8 Å². The number of benzene rings is 1. The van der Waals surface area contributed by atoms with E-state index in [0.717, 1.165) is 19.4 Å². The Morgan fingerprint density at radius 2 is 1.44 bits per heavy atom. The number of rotatable bonds is 13. The molecule has 0 aromatic heterocycles. The lowest BCUT2D eigenvalue weighted by atomic mass is 10.0. The van der Waals surface area contributed by atoms with E-state index in [2.05, 4.69) is 42.4 Å². The topological polar surface area (TPSA) is 9.23 Å². The Labute approximate surface area is 172 Å². The van der Waals surface area contributed by atoms with Crippen LogP contribution >= 0.6 is 11.8 Å². The minimum Gasteiger partial charge on any atom is -0.362 e. The van der Waals surface area contributed by atoms with Crippen molar-refractivity contribution in [2.45, 2.75) is 107 Å². The van der Waals surface area contributed by atoms with Gasteiger partial charge in [-0.05, 0) is 61.3 Å². The summed E-state index contributed by atoms with van der Waals surface area (Å²) >= 11 is 1.62. The number of hydrogen-bond acceptors (Lipinski definition) is 2. The van der Waals surface area contributed by atoms with Gasteiger partial charge in [0.1, 0.15) is 5.60 Å². The highest BCUT2D eigenvalue weighted by atomic mass is 32.2. The Balaban J connectivity index is 1.57. The maximum Gasteiger partial charge on any atom is 0.129 e. The lowest BCUT2D eigenvalue weighted by Crippen LogP contribution is -2.27. The molecule has 1 fully saturated rings. The molecular formula is C25H38OS. The van der Waals surface area contributed by atoms with E-state index in [0.29, 0.717) is 0 Å². The SMILES string of the molecule is CCCCCCCCCCCCOC1(C#CSc2ccccc2)CCCC1. The van der Waals surface area contributed by atoms with Gasteiger partial charge in [0.15, 0.2) is 0 Å². The van der Waals surface area contributed by atoms with Gasteiger partial charge in [0, 0.05) is 11.5 Å². The first-order chi connectivity index (χ1) is 13.3. The third-order valence-corrected chi connectivity index (χ3v) is 6.19. The van der Waals surface area contributed by atoms with Gasteiger partial charge in [-0.15, -0.1) is 0 Å². The van der Waals surface area contributed by atoms with E-state index in [4.69, 9.17) is 4.74 Å². The normalized spacial score (nSPS) is 15.4. The van der Waals surface area contributed by atoms with Crippen molar-refractivity contribution in [3.05, 3.63) is 30.3 Å². The molecule has 0 radical (unpaired) electrons. The Bertz CT molecular complexity index is 536. The second-order valence-corrected chi connectivity index (χ2v) is 8.75. The van der Waals surface area contributed by atoms with E-state index in [1.54, 1.807) is 11.8 Å². The number of unbranched alkanes of at least 4 members (excludes halogenated alkanes) is 9. The number of thioether (sulfide) groups is 1. The maximum atomic E-state index is 6.31. The molecule has 1 aromatic rings. The first kappa shape index (κ1) is 22.4. The van der Waals surface area contributed by atoms with Crippen LogP contribution < -0.4 is 0 Å². The zero-order chi connectivity index (χ0) is 19.0. The number of hydrogen-bond donors (Lipinski definition) is 0. The van der Waals surface area contributed by atoms with Crippen molar-refractivity contribution in [1.82, 2.24) is 0 Å². The van der Waals surface area contributed by atoms with Crippen molar-refractivity contribution in [2.75, 3.05) is 6.61 Å². The molecule has 0 unspecified atom stereocenters. The molecule has 0 saturated heterocycles. The fourth-order valence-electron chi connectivity index (χ4n) is 3.77. The fourth-order valence-corrected chi connectivity index (χ4v) is 4.42. The minimum atomic E-state index is -0.166. The van der Waals surface area contributed by atoms with Gasteiger partial charge in [0.05, 0.1) is 0 Å². The van der Waals surface area contributed by atoms with E-state index in [1.165, 1.54) is 81.9 Å². The predicted octanol–water partition coefficient (Wildman–Crippen LogP) is 7.99. The van der Waals surface area contributed by atoms with Crippen LogP contribution in [0.3, 0.4) is 0 Å². The lowest BCUT2D eigenvalue weighted by molar-refractivity contribution is 0.00250. The molecule has 0 amide bonds. The van der Waals surface area contributed by atoms with Gasteiger partial charge in [-0.1, -0.05) is 88.8 Å². The standard InChI is InChI=1S/C25H38OS/c1-2-3-4-5-6-7-8-9-10-16-22-26-25(19-14-15-20-25)21-23-27-24-17-12-11-13-18-24/h11-13,17-18H,2-10,14-16,19-20,22H2,1H3. The Morgan fingerprint density at radius 3 is 2.07 bits per heavy atom. The van der Waals surface area contributed by atoms with Crippen LogP contribution in [0.2, 0.25) is 0 Å². The molecule has 0 aliphatic heterocycles. The third kappa shape index (κ3) is 9.72. The zero-order valence-corrected chi connectivity index (χ0v) is 18.1. The van der Waals surface area contributed by atoms with Gasteiger partial charge < -0.3 is 4.74 Å². The van der Waals surface area contributed by atoms with Crippen LogP contribution in [0.25, 0.3) is 0 Å². The number of ether oxygens (including phenoxy) is 1. The highest BCUT2D eigenvalue weighted by Crippen LogP contribution is 2.33. The first-order valence-electron chi connectivity index (χ1n) is 11.2. The van der Waals surface area contributed by atoms with E-state index in [9.17, 15) is 0 Å². The molecule has 150 valence electrons. The Hall–Kier alpha value is -0.910. The van der Waals surface area contributed by atoms with Crippen LogP contribution in [0.15, 0.2) is 35.2 Å². The van der Waals surface area contributed by atoms with E-state index >= 15 is 0 Å². The second kappa shape index (κ2) is 14.1. The molecule has 1 aliphatic carbocycles. The average molecular weight is 387 g/mol. The quantitative estimate of drug-likeness (QED) is 0.193. The van der Waals surface area contributed by atoms with Crippen LogP contribution in [-0.2, 0) is 4.74 Å². The maximum absolute atomic E-state index is 6.31. The van der Waals surface area contributed by atoms with Gasteiger partial charge in [0.25, 0.3) is 0 Å². The minimum absolute atomic E-state index is 0.166. The summed E-state index contributed by atoms with van der Waals surface area (Å²) < 4.78 is 6.31. The summed E-state index contributed by atoms with van der Waals surface area (Å²) in [6.07, 6.45) is 18.4. The second-order valence-electron chi connectivity index (χ2n) is 7.87. The zero-order valence-electron chi connectivity index (χ0n) is 17.3.